The van der Waals surface area contributed by atoms with E-state index in [1.807, 2.05) is 0 Å². The lowest BCUT2D eigenvalue weighted by atomic mass is 9.66. The molecule has 0 saturated heterocycles. The molecule has 0 bridgehead atoms. The molecule has 0 N–H and O–H groups in total. The summed E-state index contributed by atoms with van der Waals surface area (Å²) in [6.45, 7) is 4.52. The molecule has 0 nitrogen and oxygen atoms in total. The van der Waals surface area contributed by atoms with Crippen LogP contribution >= 0.6 is 0 Å². The van der Waals surface area contributed by atoms with Gasteiger partial charge in [0, 0.05) is 0 Å². The van der Waals surface area contributed by atoms with Gasteiger partial charge in [-0.05, 0) is 30.7 Å². The Bertz CT molecular complexity index is 265. The Hall–Kier alpha value is -0.780. The van der Waals surface area contributed by atoms with E-state index < -0.39 is 0 Å². The van der Waals surface area contributed by atoms with Gasteiger partial charge in [-0.15, -0.1) is 0 Å². The second kappa shape index (κ2) is 2.62. The summed E-state index contributed by atoms with van der Waals surface area (Å²) < 4.78 is 0. The predicted octanol–water partition coefficient (Wildman–Crippen LogP) is 3.44. The third kappa shape index (κ3) is 1.16. The van der Waals surface area contributed by atoms with Crippen molar-refractivity contribution in [3.05, 3.63) is 35.4 Å². The van der Waals surface area contributed by atoms with Crippen LogP contribution in [0.4, 0.5) is 0 Å². The highest BCUT2D eigenvalue weighted by Gasteiger charge is 2.32. The van der Waals surface area contributed by atoms with Crippen molar-refractivity contribution < 1.29 is 0 Å². The maximum absolute atomic E-state index is 2.38. The van der Waals surface area contributed by atoms with Gasteiger partial charge in [0.15, 0.2) is 0 Å². The van der Waals surface area contributed by atoms with Crippen molar-refractivity contribution in [3.63, 3.8) is 0 Å². The van der Waals surface area contributed by atoms with E-state index in [1.165, 1.54) is 30.4 Å². The Morgan fingerprint density at radius 1 is 1.08 bits per heavy atom. The van der Waals surface area contributed by atoms with Crippen LogP contribution in [-0.4, -0.2) is 0 Å². The van der Waals surface area contributed by atoms with Crippen molar-refractivity contribution >= 4 is 0 Å². The van der Waals surface area contributed by atoms with Gasteiger partial charge in [0.25, 0.3) is 0 Å². The molecule has 1 aliphatic carbocycles. The van der Waals surface area contributed by atoms with Crippen molar-refractivity contribution in [2.24, 2.45) is 0 Å². The summed E-state index contributed by atoms with van der Waals surface area (Å²) in [6, 6.07) is 9.01. The average molecular weight is 160 g/mol. The summed E-state index contributed by atoms with van der Waals surface area (Å²) in [5, 5.41) is 0. The minimum atomic E-state index is 0.508. The first-order valence-corrected chi connectivity index (χ1v) is 4.78. The van der Waals surface area contributed by atoms with E-state index in [1.54, 1.807) is 0 Å². The van der Waals surface area contributed by atoms with Gasteiger partial charge in [-0.1, -0.05) is 43.2 Å². The number of benzene rings is 1. The minimum Gasteiger partial charge on any atom is -0.0590 e. The lowest BCUT2D eigenvalue weighted by Gasteiger charge is -2.39. The van der Waals surface area contributed by atoms with E-state index in [-0.39, 0.29) is 0 Å². The van der Waals surface area contributed by atoms with Gasteiger partial charge in [0.1, 0.15) is 0 Å². The summed E-state index contributed by atoms with van der Waals surface area (Å²) in [5.41, 5.74) is 3.40. The van der Waals surface area contributed by atoms with Crippen LogP contribution in [0.15, 0.2) is 24.3 Å². The zero-order valence-corrected chi connectivity index (χ0v) is 7.93. The Morgan fingerprint density at radius 2 is 1.67 bits per heavy atom. The fraction of sp³-hybridized carbons (Fsp3) is 0.500. The topological polar surface area (TPSA) is 0 Å². The summed E-state index contributed by atoms with van der Waals surface area (Å²) in [4.78, 5) is 0. The number of hydrogen-bond donors (Lipinski definition) is 0. The van der Waals surface area contributed by atoms with Gasteiger partial charge >= 0.3 is 0 Å². The van der Waals surface area contributed by atoms with E-state index in [9.17, 15) is 0 Å². The van der Waals surface area contributed by atoms with E-state index in [2.05, 4.69) is 38.1 Å². The fourth-order valence-corrected chi connectivity index (χ4v) is 1.95. The first-order valence-electron chi connectivity index (χ1n) is 4.78. The molecule has 1 aromatic rings. The van der Waals surface area contributed by atoms with Crippen molar-refractivity contribution in [2.45, 2.75) is 38.5 Å². The van der Waals surface area contributed by atoms with Gasteiger partial charge in [-0.2, -0.15) is 0 Å². The monoisotopic (exact) mass is 160 g/mol. The third-order valence-electron chi connectivity index (χ3n) is 3.21. The van der Waals surface area contributed by atoms with Crippen LogP contribution in [0, 0.1) is 6.92 Å². The van der Waals surface area contributed by atoms with Crippen LogP contribution in [0.2, 0.25) is 0 Å². The Kier molecular flexibility index (Phi) is 1.71. The Balaban J connectivity index is 2.28. The molecule has 0 unspecified atom stereocenters. The second-order valence-corrected chi connectivity index (χ2v) is 4.28. The minimum absolute atomic E-state index is 0.508. The molecular formula is C12H16. The van der Waals surface area contributed by atoms with Crippen molar-refractivity contribution in [1.82, 2.24) is 0 Å². The Morgan fingerprint density at radius 3 is 2.08 bits per heavy atom. The molecule has 64 valence electrons. The molecular weight excluding hydrogens is 144 g/mol. The zero-order valence-electron chi connectivity index (χ0n) is 7.93. The van der Waals surface area contributed by atoms with Crippen LogP contribution in [0.1, 0.15) is 37.3 Å². The fourth-order valence-electron chi connectivity index (χ4n) is 1.95. The predicted molar refractivity (Wildman–Crippen MR) is 52.4 cm³/mol. The molecule has 0 atom stereocenters. The number of aryl methyl sites for hydroxylation is 1. The molecule has 1 aromatic carbocycles. The lowest BCUT2D eigenvalue weighted by Crippen LogP contribution is -2.30. The van der Waals surface area contributed by atoms with E-state index in [0.29, 0.717) is 5.41 Å². The molecule has 0 aromatic heterocycles. The zero-order chi connectivity index (χ0) is 8.60. The smallest absolute Gasteiger partial charge is 0.00752 e. The first kappa shape index (κ1) is 7.85. The highest BCUT2D eigenvalue weighted by molar-refractivity contribution is 5.29. The van der Waals surface area contributed by atoms with E-state index in [0.717, 1.165) is 0 Å². The normalized spacial score (nSPS) is 20.2. The molecule has 1 saturated carbocycles. The SMILES string of the molecule is Cc1ccc(C2(C)CCC2)cc1. The van der Waals surface area contributed by atoms with Crippen molar-refractivity contribution in [1.29, 1.82) is 0 Å². The highest BCUT2D eigenvalue weighted by Crippen LogP contribution is 2.42. The van der Waals surface area contributed by atoms with Crippen molar-refractivity contribution in [2.75, 3.05) is 0 Å². The molecule has 0 heterocycles. The van der Waals surface area contributed by atoms with E-state index in [4.69, 9.17) is 0 Å². The highest BCUT2D eigenvalue weighted by atomic mass is 14.4. The summed E-state index contributed by atoms with van der Waals surface area (Å²) in [7, 11) is 0. The molecule has 0 amide bonds. The number of hydrogen-bond acceptors (Lipinski definition) is 0. The molecule has 1 aliphatic rings. The third-order valence-corrected chi connectivity index (χ3v) is 3.21. The van der Waals surface area contributed by atoms with Gasteiger partial charge in [-0.3, -0.25) is 0 Å². The van der Waals surface area contributed by atoms with Crippen LogP contribution in [0.5, 0.6) is 0 Å². The summed E-state index contributed by atoms with van der Waals surface area (Å²) >= 11 is 0. The second-order valence-electron chi connectivity index (χ2n) is 4.28. The van der Waals surface area contributed by atoms with E-state index >= 15 is 0 Å². The molecule has 1 fully saturated rings. The standard InChI is InChI=1S/C12H16/c1-10-4-6-11(7-5-10)12(2)8-3-9-12/h4-7H,3,8-9H2,1-2H3. The molecule has 0 radical (unpaired) electrons. The van der Waals surface area contributed by atoms with Crippen LogP contribution in [-0.2, 0) is 5.41 Å². The van der Waals surface area contributed by atoms with Crippen molar-refractivity contribution in [3.8, 4) is 0 Å². The van der Waals surface area contributed by atoms with Gasteiger partial charge in [0.05, 0.1) is 0 Å². The quantitative estimate of drug-likeness (QED) is 0.590. The van der Waals surface area contributed by atoms with Crippen LogP contribution < -0.4 is 0 Å². The molecule has 0 spiro atoms. The molecule has 0 aliphatic heterocycles. The maximum atomic E-state index is 2.38. The van der Waals surface area contributed by atoms with Crippen LogP contribution in [0.3, 0.4) is 0 Å². The van der Waals surface area contributed by atoms with Gasteiger partial charge in [0.2, 0.25) is 0 Å². The average Bonchev–Trinajstić information content (AvgIpc) is 2.02. The molecule has 0 heteroatoms. The van der Waals surface area contributed by atoms with Gasteiger partial charge in [-0.25, -0.2) is 0 Å². The summed E-state index contributed by atoms with van der Waals surface area (Å²) in [5.74, 6) is 0. The number of rotatable bonds is 1. The Labute approximate surface area is 74.6 Å². The van der Waals surface area contributed by atoms with Crippen LogP contribution in [0.25, 0.3) is 0 Å². The maximum Gasteiger partial charge on any atom is -0.00752 e. The lowest BCUT2D eigenvalue weighted by molar-refractivity contribution is 0.272. The van der Waals surface area contributed by atoms with Gasteiger partial charge < -0.3 is 0 Å². The molecule has 12 heavy (non-hydrogen) atoms. The first-order chi connectivity index (χ1) is 5.71. The summed E-state index contributed by atoms with van der Waals surface area (Å²) in [6.07, 6.45) is 4.15. The largest absolute Gasteiger partial charge is 0.0590 e. The molecule has 2 rings (SSSR count).